The normalized spacial score (nSPS) is 10.3. The van der Waals surface area contributed by atoms with Gasteiger partial charge in [0.05, 0.1) is 7.11 Å². The second-order valence-corrected chi connectivity index (χ2v) is 3.85. The van der Waals surface area contributed by atoms with E-state index in [2.05, 4.69) is 0 Å². The highest BCUT2D eigenvalue weighted by Gasteiger charge is 2.12. The third kappa shape index (κ3) is 2.54. The molecule has 2 aromatic carbocycles. The van der Waals surface area contributed by atoms with Crippen LogP contribution in [0.1, 0.15) is 10.4 Å². The molecule has 0 aliphatic carbocycles. The summed E-state index contributed by atoms with van der Waals surface area (Å²) < 4.78 is 31.0. The van der Waals surface area contributed by atoms with Crippen LogP contribution in [0.25, 0.3) is 11.1 Å². The van der Waals surface area contributed by atoms with Gasteiger partial charge in [-0.3, -0.25) is 0 Å². The van der Waals surface area contributed by atoms with Gasteiger partial charge in [-0.2, -0.15) is 0 Å². The van der Waals surface area contributed by atoms with Gasteiger partial charge >= 0.3 is 5.97 Å². The van der Waals surface area contributed by atoms with E-state index in [4.69, 9.17) is 9.84 Å². The molecule has 19 heavy (non-hydrogen) atoms. The summed E-state index contributed by atoms with van der Waals surface area (Å²) in [7, 11) is 1.34. The molecule has 0 aliphatic rings. The van der Waals surface area contributed by atoms with Crippen molar-refractivity contribution >= 4 is 5.97 Å². The quantitative estimate of drug-likeness (QED) is 0.924. The molecule has 0 aromatic heterocycles. The highest BCUT2D eigenvalue weighted by atomic mass is 19.2. The van der Waals surface area contributed by atoms with Crippen molar-refractivity contribution in [3.8, 4) is 16.9 Å². The molecule has 0 saturated carbocycles. The van der Waals surface area contributed by atoms with E-state index < -0.39 is 17.6 Å². The van der Waals surface area contributed by atoms with Crippen molar-refractivity contribution in [2.75, 3.05) is 7.11 Å². The predicted octanol–water partition coefficient (Wildman–Crippen LogP) is 3.34. The van der Waals surface area contributed by atoms with Crippen molar-refractivity contribution in [3.63, 3.8) is 0 Å². The molecule has 2 aromatic rings. The Morgan fingerprint density at radius 2 is 1.68 bits per heavy atom. The van der Waals surface area contributed by atoms with Crippen molar-refractivity contribution in [2.24, 2.45) is 0 Å². The lowest BCUT2D eigenvalue weighted by atomic mass is 10.0. The Balaban J connectivity index is 2.51. The number of hydrogen-bond acceptors (Lipinski definition) is 2. The first kappa shape index (κ1) is 13.0. The van der Waals surface area contributed by atoms with Crippen LogP contribution in [0.5, 0.6) is 5.75 Å². The van der Waals surface area contributed by atoms with E-state index >= 15 is 0 Å². The van der Waals surface area contributed by atoms with Gasteiger partial charge in [-0.25, -0.2) is 13.6 Å². The van der Waals surface area contributed by atoms with Crippen LogP contribution in [0.4, 0.5) is 8.78 Å². The van der Waals surface area contributed by atoms with E-state index in [0.717, 1.165) is 12.1 Å². The van der Waals surface area contributed by atoms with E-state index in [9.17, 15) is 13.6 Å². The van der Waals surface area contributed by atoms with Crippen molar-refractivity contribution < 1.29 is 23.4 Å². The number of ether oxygens (including phenoxy) is 1. The molecule has 2 rings (SSSR count). The number of carboxylic acids is 1. The zero-order valence-electron chi connectivity index (χ0n) is 9.98. The largest absolute Gasteiger partial charge is 0.496 e. The minimum Gasteiger partial charge on any atom is -0.496 e. The molecular weight excluding hydrogens is 254 g/mol. The number of carboxylic acid groups (broad SMARTS) is 1. The lowest BCUT2D eigenvalue weighted by Gasteiger charge is -2.08. The van der Waals surface area contributed by atoms with Crippen LogP contribution in [0, 0.1) is 11.6 Å². The van der Waals surface area contributed by atoms with E-state index in [-0.39, 0.29) is 11.3 Å². The Morgan fingerprint density at radius 3 is 2.26 bits per heavy atom. The SMILES string of the molecule is COc1cc(-c2ccc(F)c(F)c2)ccc1C(=O)O. The maximum absolute atomic E-state index is 13.2. The third-order valence-corrected chi connectivity index (χ3v) is 2.68. The number of hydrogen-bond donors (Lipinski definition) is 1. The molecule has 0 heterocycles. The maximum atomic E-state index is 13.2. The Morgan fingerprint density at radius 1 is 1.05 bits per heavy atom. The summed E-state index contributed by atoms with van der Waals surface area (Å²) in [5.41, 5.74) is 0.990. The molecule has 5 heteroatoms. The van der Waals surface area contributed by atoms with Crippen LogP contribution in [-0.2, 0) is 0 Å². The van der Waals surface area contributed by atoms with E-state index in [0.29, 0.717) is 11.1 Å². The molecule has 0 aliphatic heterocycles. The first-order valence-corrected chi connectivity index (χ1v) is 5.39. The number of benzene rings is 2. The minimum atomic E-state index is -1.12. The van der Waals surface area contributed by atoms with Gasteiger partial charge in [0.25, 0.3) is 0 Å². The third-order valence-electron chi connectivity index (χ3n) is 2.68. The van der Waals surface area contributed by atoms with Gasteiger partial charge < -0.3 is 9.84 Å². The first-order valence-electron chi connectivity index (χ1n) is 5.39. The lowest BCUT2D eigenvalue weighted by Crippen LogP contribution is -2.00. The maximum Gasteiger partial charge on any atom is 0.339 e. The van der Waals surface area contributed by atoms with Gasteiger partial charge in [-0.05, 0) is 35.4 Å². The van der Waals surface area contributed by atoms with Gasteiger partial charge in [0.2, 0.25) is 0 Å². The summed E-state index contributed by atoms with van der Waals surface area (Å²) in [5, 5.41) is 8.95. The van der Waals surface area contributed by atoms with E-state index in [1.807, 2.05) is 0 Å². The van der Waals surface area contributed by atoms with Crippen LogP contribution < -0.4 is 4.74 Å². The molecule has 98 valence electrons. The minimum absolute atomic E-state index is 0.00818. The average Bonchev–Trinajstić information content (AvgIpc) is 2.41. The number of methoxy groups -OCH3 is 1. The number of carbonyl (C=O) groups is 1. The molecule has 1 N–H and O–H groups in total. The molecular formula is C14H10F2O3. The van der Waals surface area contributed by atoms with E-state index in [1.165, 1.54) is 31.4 Å². The van der Waals surface area contributed by atoms with Gasteiger partial charge in [-0.15, -0.1) is 0 Å². The molecule has 3 nitrogen and oxygen atoms in total. The van der Waals surface area contributed by atoms with Crippen LogP contribution >= 0.6 is 0 Å². The average molecular weight is 264 g/mol. The summed E-state index contributed by atoms with van der Waals surface area (Å²) in [5.74, 6) is -2.85. The first-order chi connectivity index (χ1) is 9.02. The second kappa shape index (κ2) is 5.06. The van der Waals surface area contributed by atoms with Crippen LogP contribution in [0.15, 0.2) is 36.4 Å². The topological polar surface area (TPSA) is 46.5 Å². The summed E-state index contributed by atoms with van der Waals surface area (Å²) in [6.45, 7) is 0. The fourth-order valence-electron chi connectivity index (χ4n) is 1.72. The Bertz CT molecular complexity index is 639. The molecule has 0 amide bonds. The highest BCUT2D eigenvalue weighted by molar-refractivity contribution is 5.92. The fraction of sp³-hybridized carbons (Fsp3) is 0.0714. The Hall–Kier alpha value is -2.43. The molecule has 0 bridgehead atoms. The smallest absolute Gasteiger partial charge is 0.339 e. The Kier molecular flexibility index (Phi) is 3.46. The number of rotatable bonds is 3. The molecule has 0 fully saturated rings. The molecule has 0 saturated heterocycles. The van der Waals surface area contributed by atoms with Crippen LogP contribution in [0.3, 0.4) is 0 Å². The van der Waals surface area contributed by atoms with Crippen molar-refractivity contribution in [1.82, 2.24) is 0 Å². The van der Waals surface area contributed by atoms with Gasteiger partial charge in [-0.1, -0.05) is 12.1 Å². The summed E-state index contributed by atoms with van der Waals surface area (Å²) in [6, 6.07) is 7.81. The Labute approximate surface area is 108 Å². The van der Waals surface area contributed by atoms with Gasteiger partial charge in [0, 0.05) is 0 Å². The lowest BCUT2D eigenvalue weighted by molar-refractivity contribution is 0.0693. The van der Waals surface area contributed by atoms with Crippen molar-refractivity contribution in [1.29, 1.82) is 0 Å². The van der Waals surface area contributed by atoms with Crippen LogP contribution in [-0.4, -0.2) is 18.2 Å². The van der Waals surface area contributed by atoms with E-state index in [1.54, 1.807) is 0 Å². The monoisotopic (exact) mass is 264 g/mol. The summed E-state index contributed by atoms with van der Waals surface area (Å²) >= 11 is 0. The predicted molar refractivity (Wildman–Crippen MR) is 65.3 cm³/mol. The summed E-state index contributed by atoms with van der Waals surface area (Å²) in [4.78, 5) is 10.9. The van der Waals surface area contributed by atoms with Gasteiger partial charge in [0.1, 0.15) is 11.3 Å². The highest BCUT2D eigenvalue weighted by Crippen LogP contribution is 2.28. The van der Waals surface area contributed by atoms with Gasteiger partial charge in [0.15, 0.2) is 11.6 Å². The van der Waals surface area contributed by atoms with Crippen molar-refractivity contribution in [2.45, 2.75) is 0 Å². The molecule has 0 radical (unpaired) electrons. The molecule has 0 unspecified atom stereocenters. The molecule has 0 atom stereocenters. The fourth-order valence-corrected chi connectivity index (χ4v) is 1.72. The molecule has 0 spiro atoms. The standard InChI is InChI=1S/C14H10F2O3/c1-19-13-7-9(2-4-10(13)14(17)18)8-3-5-11(15)12(16)6-8/h2-7H,1H3,(H,17,18). The summed E-state index contributed by atoms with van der Waals surface area (Å²) in [6.07, 6.45) is 0. The zero-order valence-corrected chi connectivity index (χ0v) is 9.98. The number of aromatic carboxylic acids is 1. The van der Waals surface area contributed by atoms with Crippen LogP contribution in [0.2, 0.25) is 0 Å². The zero-order chi connectivity index (χ0) is 14.0. The second-order valence-electron chi connectivity index (χ2n) is 3.85. The van der Waals surface area contributed by atoms with Crippen molar-refractivity contribution in [3.05, 3.63) is 53.6 Å². The number of halogens is 2.